The Morgan fingerprint density at radius 3 is 2.30 bits per heavy atom. The molecule has 0 saturated heterocycles. The topological polar surface area (TPSA) is 96.0 Å². The molecule has 0 aliphatic rings. The highest BCUT2D eigenvalue weighted by Gasteiger charge is 2.34. The molecule has 1 unspecified atom stereocenters. The van der Waals surface area contributed by atoms with E-state index in [1.54, 1.807) is 49.4 Å². The number of hydrogen-bond donors (Lipinski definition) is 1. The summed E-state index contributed by atoms with van der Waals surface area (Å²) in [4.78, 5) is 28.3. The second-order valence-corrected chi connectivity index (χ2v) is 12.0. The normalized spacial score (nSPS) is 11.9. The van der Waals surface area contributed by atoms with Crippen molar-refractivity contribution in [1.82, 2.24) is 10.2 Å². The van der Waals surface area contributed by atoms with Gasteiger partial charge in [0, 0.05) is 23.1 Å². The van der Waals surface area contributed by atoms with Crippen molar-refractivity contribution in [2.24, 2.45) is 0 Å². The first kappa shape index (κ1) is 31.3. The van der Waals surface area contributed by atoms with E-state index in [4.69, 9.17) is 27.9 Å². The van der Waals surface area contributed by atoms with Crippen LogP contribution in [0.2, 0.25) is 10.0 Å². The highest BCUT2D eigenvalue weighted by molar-refractivity contribution is 7.92. The lowest BCUT2D eigenvalue weighted by molar-refractivity contribution is -0.139. The van der Waals surface area contributed by atoms with Crippen molar-refractivity contribution in [3.63, 3.8) is 0 Å². The SMILES string of the molecule is CCCNC(=O)C(C)N(Cc1cccc(Cl)c1)C(=O)CN(c1cc(Cl)ccc1OC)S(=O)(=O)c1ccc(C)cc1. The van der Waals surface area contributed by atoms with E-state index < -0.39 is 28.5 Å². The lowest BCUT2D eigenvalue weighted by Crippen LogP contribution is -2.51. The van der Waals surface area contributed by atoms with E-state index in [0.29, 0.717) is 17.1 Å². The Labute approximate surface area is 245 Å². The van der Waals surface area contributed by atoms with Gasteiger partial charge in [0.15, 0.2) is 0 Å². The first-order chi connectivity index (χ1) is 19.0. The Bertz CT molecular complexity index is 1450. The maximum absolute atomic E-state index is 14.0. The summed E-state index contributed by atoms with van der Waals surface area (Å²) < 4.78 is 34.4. The molecule has 0 aromatic heterocycles. The van der Waals surface area contributed by atoms with Crippen molar-refractivity contribution in [1.29, 1.82) is 0 Å². The van der Waals surface area contributed by atoms with Crippen LogP contribution in [-0.4, -0.2) is 51.4 Å². The fourth-order valence-electron chi connectivity index (χ4n) is 4.02. The molecule has 1 atom stereocenters. The lowest BCUT2D eigenvalue weighted by Gasteiger charge is -2.32. The summed E-state index contributed by atoms with van der Waals surface area (Å²) >= 11 is 12.4. The Morgan fingerprint density at radius 1 is 1.00 bits per heavy atom. The van der Waals surface area contributed by atoms with Crippen molar-refractivity contribution >= 4 is 50.7 Å². The van der Waals surface area contributed by atoms with Gasteiger partial charge in [0.05, 0.1) is 17.7 Å². The van der Waals surface area contributed by atoms with Gasteiger partial charge in [-0.15, -0.1) is 0 Å². The van der Waals surface area contributed by atoms with Gasteiger partial charge in [-0.3, -0.25) is 13.9 Å². The van der Waals surface area contributed by atoms with E-state index in [1.807, 2.05) is 13.8 Å². The summed E-state index contributed by atoms with van der Waals surface area (Å²) in [5.74, 6) is -0.745. The van der Waals surface area contributed by atoms with Crippen LogP contribution in [0.25, 0.3) is 0 Å². The minimum atomic E-state index is -4.26. The van der Waals surface area contributed by atoms with E-state index >= 15 is 0 Å². The van der Waals surface area contributed by atoms with Crippen LogP contribution < -0.4 is 14.4 Å². The van der Waals surface area contributed by atoms with Crippen molar-refractivity contribution in [2.75, 3.05) is 24.5 Å². The van der Waals surface area contributed by atoms with Crippen LogP contribution in [0.15, 0.2) is 71.6 Å². The summed E-state index contributed by atoms with van der Waals surface area (Å²) in [5.41, 5.74) is 1.65. The summed E-state index contributed by atoms with van der Waals surface area (Å²) in [6.07, 6.45) is 0.720. The fraction of sp³-hybridized carbons (Fsp3) is 0.310. The number of amides is 2. The van der Waals surface area contributed by atoms with Crippen LogP contribution in [-0.2, 0) is 26.2 Å². The van der Waals surface area contributed by atoms with Gasteiger partial charge < -0.3 is 15.0 Å². The zero-order valence-corrected chi connectivity index (χ0v) is 25.2. The molecule has 0 spiro atoms. The monoisotopic (exact) mass is 605 g/mol. The predicted octanol–water partition coefficient (Wildman–Crippen LogP) is 5.45. The second-order valence-electron chi connectivity index (χ2n) is 9.26. The molecule has 214 valence electrons. The number of sulfonamides is 1. The van der Waals surface area contributed by atoms with Crippen LogP contribution in [0.3, 0.4) is 0 Å². The summed E-state index contributed by atoms with van der Waals surface area (Å²) in [5, 5.41) is 3.54. The number of nitrogens with zero attached hydrogens (tertiary/aromatic N) is 2. The van der Waals surface area contributed by atoms with Crippen LogP contribution >= 0.6 is 23.2 Å². The van der Waals surface area contributed by atoms with Gasteiger partial charge in [0.2, 0.25) is 11.8 Å². The second kappa shape index (κ2) is 13.9. The third kappa shape index (κ3) is 7.68. The number of methoxy groups -OCH3 is 1. The lowest BCUT2D eigenvalue weighted by atomic mass is 10.1. The number of nitrogens with one attached hydrogen (secondary N) is 1. The summed E-state index contributed by atoms with van der Waals surface area (Å²) in [6.45, 7) is 5.23. The number of aryl methyl sites for hydroxylation is 1. The molecule has 0 radical (unpaired) electrons. The van der Waals surface area contributed by atoms with E-state index in [9.17, 15) is 18.0 Å². The number of anilines is 1. The van der Waals surface area contributed by atoms with Gasteiger partial charge >= 0.3 is 0 Å². The number of carbonyl (C=O) groups is 2. The van der Waals surface area contributed by atoms with Crippen LogP contribution in [0, 0.1) is 6.92 Å². The van der Waals surface area contributed by atoms with E-state index in [0.717, 1.165) is 16.3 Å². The number of hydrogen-bond acceptors (Lipinski definition) is 5. The molecule has 0 saturated carbocycles. The highest BCUT2D eigenvalue weighted by Crippen LogP contribution is 2.35. The predicted molar refractivity (Wildman–Crippen MR) is 158 cm³/mol. The summed E-state index contributed by atoms with van der Waals surface area (Å²) in [7, 11) is -2.86. The zero-order chi connectivity index (χ0) is 29.4. The van der Waals surface area contributed by atoms with Gasteiger partial charge in [0.1, 0.15) is 18.3 Å². The van der Waals surface area contributed by atoms with Crippen molar-refractivity contribution in [3.8, 4) is 5.75 Å². The minimum Gasteiger partial charge on any atom is -0.495 e. The van der Waals surface area contributed by atoms with E-state index in [-0.39, 0.29) is 33.8 Å². The van der Waals surface area contributed by atoms with Gasteiger partial charge in [0.25, 0.3) is 10.0 Å². The number of rotatable bonds is 12. The standard InChI is InChI=1S/C29H33Cl2N3O5S/c1-5-15-32-29(36)21(3)33(18-22-7-6-8-23(30)16-22)28(35)19-34(26-17-24(31)11-14-27(26)39-4)40(37,38)25-12-9-20(2)10-13-25/h6-14,16-17,21H,5,15,18-19H2,1-4H3,(H,32,36). The molecule has 0 bridgehead atoms. The van der Waals surface area contributed by atoms with Gasteiger partial charge in [-0.2, -0.15) is 0 Å². The number of carbonyl (C=O) groups excluding carboxylic acids is 2. The average molecular weight is 607 g/mol. The van der Waals surface area contributed by atoms with Crippen molar-refractivity contribution in [3.05, 3.63) is 87.9 Å². The molecule has 3 aromatic carbocycles. The Balaban J connectivity index is 2.09. The largest absolute Gasteiger partial charge is 0.495 e. The van der Waals surface area contributed by atoms with Gasteiger partial charge in [-0.1, -0.05) is 60.0 Å². The Hall–Kier alpha value is -3.27. The fourth-order valence-corrected chi connectivity index (χ4v) is 5.82. The molecule has 40 heavy (non-hydrogen) atoms. The van der Waals surface area contributed by atoms with Crippen LogP contribution in [0.1, 0.15) is 31.4 Å². The molecule has 0 heterocycles. The minimum absolute atomic E-state index is 0.0111. The first-order valence-corrected chi connectivity index (χ1v) is 14.9. The number of ether oxygens (including phenoxy) is 1. The van der Waals surface area contributed by atoms with E-state index in [2.05, 4.69) is 5.32 Å². The molecule has 3 rings (SSSR count). The average Bonchev–Trinajstić information content (AvgIpc) is 2.93. The van der Waals surface area contributed by atoms with Crippen LogP contribution in [0.5, 0.6) is 5.75 Å². The Morgan fingerprint density at radius 2 is 1.68 bits per heavy atom. The maximum Gasteiger partial charge on any atom is 0.264 e. The number of halogens is 2. The molecule has 0 aliphatic heterocycles. The number of benzene rings is 3. The molecule has 2 amide bonds. The van der Waals surface area contributed by atoms with Crippen LogP contribution in [0.4, 0.5) is 5.69 Å². The first-order valence-electron chi connectivity index (χ1n) is 12.7. The van der Waals surface area contributed by atoms with Gasteiger partial charge in [-0.25, -0.2) is 8.42 Å². The molecule has 1 N–H and O–H groups in total. The molecule has 3 aromatic rings. The molecule has 11 heteroatoms. The maximum atomic E-state index is 14.0. The molecule has 0 aliphatic carbocycles. The van der Waals surface area contributed by atoms with Gasteiger partial charge in [-0.05, 0) is 68.3 Å². The van der Waals surface area contributed by atoms with Crippen molar-refractivity contribution in [2.45, 2.75) is 44.7 Å². The quantitative estimate of drug-likeness (QED) is 0.296. The Kier molecular flexibility index (Phi) is 10.8. The van der Waals surface area contributed by atoms with Crippen molar-refractivity contribution < 1.29 is 22.7 Å². The molecule has 8 nitrogen and oxygen atoms in total. The third-order valence-electron chi connectivity index (χ3n) is 6.26. The molecular weight excluding hydrogens is 573 g/mol. The molecule has 0 fully saturated rings. The molecular formula is C29H33Cl2N3O5S. The highest BCUT2D eigenvalue weighted by atomic mass is 35.5. The third-order valence-corrected chi connectivity index (χ3v) is 8.50. The zero-order valence-electron chi connectivity index (χ0n) is 22.9. The smallest absolute Gasteiger partial charge is 0.264 e. The van der Waals surface area contributed by atoms with E-state index in [1.165, 1.54) is 36.3 Å². The summed E-state index contributed by atoms with van der Waals surface area (Å²) in [6, 6.07) is 16.8.